The van der Waals surface area contributed by atoms with Gasteiger partial charge in [-0.25, -0.2) is 0 Å². The van der Waals surface area contributed by atoms with Gasteiger partial charge in [-0.1, -0.05) is 24.3 Å². The van der Waals surface area contributed by atoms with E-state index in [1.54, 1.807) is 0 Å². The molecule has 0 aliphatic heterocycles. The predicted octanol–water partition coefficient (Wildman–Crippen LogP) is 4.68. The number of nitrogens with zero attached hydrogens (tertiary/aromatic N) is 1. The highest BCUT2D eigenvalue weighted by Crippen LogP contribution is 2.43. The number of fused-ring (bicyclic) bond motifs is 1. The maximum absolute atomic E-state index is 6.32. The van der Waals surface area contributed by atoms with Gasteiger partial charge in [-0.05, 0) is 43.9 Å². The highest BCUT2D eigenvalue weighted by atomic mass is 32.1. The smallest absolute Gasteiger partial charge is 0.0791 e. The Morgan fingerprint density at radius 3 is 2.81 bits per heavy atom. The number of aromatic nitrogens is 1. The van der Waals surface area contributed by atoms with Gasteiger partial charge in [0.2, 0.25) is 0 Å². The Balaban J connectivity index is 1.81. The van der Waals surface area contributed by atoms with Gasteiger partial charge in [0.1, 0.15) is 0 Å². The molecule has 2 aromatic heterocycles. The third kappa shape index (κ3) is 2.37. The Labute approximate surface area is 128 Å². The van der Waals surface area contributed by atoms with Crippen LogP contribution in [0.4, 0.5) is 0 Å². The highest BCUT2D eigenvalue weighted by Gasteiger charge is 2.30. The van der Waals surface area contributed by atoms with E-state index in [4.69, 9.17) is 10.7 Å². The fourth-order valence-electron chi connectivity index (χ4n) is 2.81. The first-order valence-corrected chi connectivity index (χ1v) is 8.26. The summed E-state index contributed by atoms with van der Waals surface area (Å²) >= 11 is 1.82. The average molecular weight is 294 g/mol. The normalized spacial score (nSPS) is 16.3. The first kappa shape index (κ1) is 13.0. The molecule has 1 aromatic carbocycles. The molecule has 1 atom stereocenters. The van der Waals surface area contributed by atoms with E-state index in [-0.39, 0.29) is 6.04 Å². The summed E-state index contributed by atoms with van der Waals surface area (Å²) in [6, 6.07) is 15.2. The molecule has 0 saturated heterocycles. The third-order valence-corrected chi connectivity index (χ3v) is 5.43. The summed E-state index contributed by atoms with van der Waals surface area (Å²) in [6.07, 6.45) is 2.56. The van der Waals surface area contributed by atoms with Crippen LogP contribution in [0.3, 0.4) is 0 Å². The molecule has 0 spiro atoms. The summed E-state index contributed by atoms with van der Waals surface area (Å²) in [7, 11) is 0. The Bertz CT molecular complexity index is 802. The Morgan fingerprint density at radius 2 is 2.00 bits per heavy atom. The molecule has 0 radical (unpaired) electrons. The van der Waals surface area contributed by atoms with Crippen molar-refractivity contribution in [3.8, 4) is 10.4 Å². The molecule has 3 heteroatoms. The predicted molar refractivity (Wildman–Crippen MR) is 89.4 cm³/mol. The van der Waals surface area contributed by atoms with E-state index in [9.17, 15) is 0 Å². The molecule has 1 fully saturated rings. The fourth-order valence-corrected chi connectivity index (χ4v) is 3.94. The molecule has 1 saturated carbocycles. The zero-order valence-electron chi connectivity index (χ0n) is 12.0. The van der Waals surface area contributed by atoms with E-state index in [1.165, 1.54) is 33.5 Å². The zero-order chi connectivity index (χ0) is 14.4. The van der Waals surface area contributed by atoms with Crippen molar-refractivity contribution in [3.63, 3.8) is 0 Å². The summed E-state index contributed by atoms with van der Waals surface area (Å²) in [5, 5.41) is 1.19. The maximum atomic E-state index is 6.32. The summed E-state index contributed by atoms with van der Waals surface area (Å²) in [5.41, 5.74) is 9.69. The quantitative estimate of drug-likeness (QED) is 0.761. The lowest BCUT2D eigenvalue weighted by Crippen LogP contribution is -2.10. The standard InChI is InChI=1S/C18H18N2S/c1-11-5-6-13-3-2-4-14(18(13)20-11)15-9-10-16(21-15)17(19)12-7-8-12/h2-6,9-10,12,17H,7-8,19H2,1H3. The Kier molecular flexibility index (Phi) is 3.05. The largest absolute Gasteiger partial charge is 0.323 e. The van der Waals surface area contributed by atoms with Crippen molar-refractivity contribution in [2.75, 3.05) is 0 Å². The van der Waals surface area contributed by atoms with E-state index in [2.05, 4.69) is 42.5 Å². The Hall–Kier alpha value is -1.71. The van der Waals surface area contributed by atoms with E-state index >= 15 is 0 Å². The van der Waals surface area contributed by atoms with Gasteiger partial charge in [-0.15, -0.1) is 11.3 Å². The van der Waals surface area contributed by atoms with Crippen molar-refractivity contribution >= 4 is 22.2 Å². The second-order valence-corrected chi connectivity index (χ2v) is 7.01. The minimum atomic E-state index is 0.216. The lowest BCUT2D eigenvalue weighted by Gasteiger charge is -2.07. The molecular formula is C18H18N2S. The number of aryl methyl sites for hydroxylation is 1. The van der Waals surface area contributed by atoms with Crippen molar-refractivity contribution in [2.45, 2.75) is 25.8 Å². The van der Waals surface area contributed by atoms with E-state index in [0.717, 1.165) is 11.2 Å². The number of thiophene rings is 1. The molecular weight excluding hydrogens is 276 g/mol. The van der Waals surface area contributed by atoms with Crippen molar-refractivity contribution in [2.24, 2.45) is 11.7 Å². The van der Waals surface area contributed by atoms with Crippen LogP contribution in [0.25, 0.3) is 21.3 Å². The van der Waals surface area contributed by atoms with Crippen molar-refractivity contribution < 1.29 is 0 Å². The van der Waals surface area contributed by atoms with Gasteiger partial charge in [0.05, 0.1) is 5.52 Å². The topological polar surface area (TPSA) is 38.9 Å². The first-order chi connectivity index (χ1) is 10.2. The molecule has 4 rings (SSSR count). The lowest BCUT2D eigenvalue weighted by molar-refractivity contribution is 0.645. The van der Waals surface area contributed by atoms with Crippen LogP contribution in [0.1, 0.15) is 29.5 Å². The van der Waals surface area contributed by atoms with Crippen molar-refractivity contribution in [3.05, 3.63) is 53.0 Å². The number of nitrogens with two attached hydrogens (primary N) is 1. The van der Waals surface area contributed by atoms with Crippen molar-refractivity contribution in [1.82, 2.24) is 4.98 Å². The van der Waals surface area contributed by atoms with Gasteiger partial charge in [0.25, 0.3) is 0 Å². The van der Waals surface area contributed by atoms with Crippen LogP contribution in [0.15, 0.2) is 42.5 Å². The SMILES string of the molecule is Cc1ccc2cccc(-c3ccc(C(N)C4CC4)s3)c2n1. The Morgan fingerprint density at radius 1 is 1.14 bits per heavy atom. The molecule has 106 valence electrons. The summed E-state index contributed by atoms with van der Waals surface area (Å²) in [6.45, 7) is 2.04. The van der Waals surface area contributed by atoms with Crippen LogP contribution in [0.5, 0.6) is 0 Å². The van der Waals surface area contributed by atoms with Gasteiger partial charge in [-0.2, -0.15) is 0 Å². The zero-order valence-corrected chi connectivity index (χ0v) is 12.9. The maximum Gasteiger partial charge on any atom is 0.0791 e. The molecule has 0 bridgehead atoms. The molecule has 0 amide bonds. The number of benzene rings is 1. The number of para-hydroxylation sites is 1. The monoisotopic (exact) mass is 294 g/mol. The molecule has 1 aliphatic carbocycles. The minimum absolute atomic E-state index is 0.216. The van der Waals surface area contributed by atoms with Crippen LogP contribution >= 0.6 is 11.3 Å². The summed E-state index contributed by atoms with van der Waals surface area (Å²) in [5.74, 6) is 0.699. The number of pyridine rings is 1. The van der Waals surface area contributed by atoms with Gasteiger partial charge in [-0.3, -0.25) is 4.98 Å². The van der Waals surface area contributed by atoms with E-state index in [1.807, 2.05) is 18.3 Å². The lowest BCUT2D eigenvalue weighted by atomic mass is 10.1. The molecule has 2 N–H and O–H groups in total. The van der Waals surface area contributed by atoms with Crippen LogP contribution in [0.2, 0.25) is 0 Å². The summed E-state index contributed by atoms with van der Waals surface area (Å²) < 4.78 is 0. The second kappa shape index (κ2) is 4.93. The summed E-state index contributed by atoms with van der Waals surface area (Å²) in [4.78, 5) is 7.30. The fraction of sp³-hybridized carbons (Fsp3) is 0.278. The third-order valence-electron chi connectivity index (χ3n) is 4.21. The van der Waals surface area contributed by atoms with Gasteiger partial charge in [0, 0.05) is 32.4 Å². The number of hydrogen-bond donors (Lipinski definition) is 1. The first-order valence-electron chi connectivity index (χ1n) is 7.44. The molecule has 1 aliphatic rings. The minimum Gasteiger partial charge on any atom is -0.323 e. The van der Waals surface area contributed by atoms with Crippen molar-refractivity contribution in [1.29, 1.82) is 0 Å². The van der Waals surface area contributed by atoms with Gasteiger partial charge < -0.3 is 5.73 Å². The molecule has 3 aromatic rings. The molecule has 2 nitrogen and oxygen atoms in total. The van der Waals surface area contributed by atoms with Crippen LogP contribution in [-0.4, -0.2) is 4.98 Å². The van der Waals surface area contributed by atoms with E-state index < -0.39 is 0 Å². The number of hydrogen-bond acceptors (Lipinski definition) is 3. The van der Waals surface area contributed by atoms with Gasteiger partial charge in [0.15, 0.2) is 0 Å². The molecule has 1 unspecified atom stereocenters. The average Bonchev–Trinajstić information content (AvgIpc) is 3.23. The van der Waals surface area contributed by atoms with Crippen LogP contribution in [-0.2, 0) is 0 Å². The van der Waals surface area contributed by atoms with Gasteiger partial charge >= 0.3 is 0 Å². The molecule has 2 heterocycles. The van der Waals surface area contributed by atoms with Crippen LogP contribution < -0.4 is 5.73 Å². The number of rotatable bonds is 3. The highest BCUT2D eigenvalue weighted by molar-refractivity contribution is 7.15. The molecule has 21 heavy (non-hydrogen) atoms. The van der Waals surface area contributed by atoms with E-state index in [0.29, 0.717) is 5.92 Å². The second-order valence-electron chi connectivity index (χ2n) is 5.90. The van der Waals surface area contributed by atoms with Crippen LogP contribution in [0, 0.1) is 12.8 Å².